The zero-order valence-corrected chi connectivity index (χ0v) is 21.8. The van der Waals surface area contributed by atoms with Crippen molar-refractivity contribution in [3.05, 3.63) is 59.7 Å². The topological polar surface area (TPSA) is 79.5 Å². The number of hydrogen-bond acceptors (Lipinski definition) is 3. The molecule has 0 radical (unpaired) electrons. The Labute approximate surface area is 250 Å². The summed E-state index contributed by atoms with van der Waals surface area (Å²) in [7, 11) is 0. The summed E-state index contributed by atoms with van der Waals surface area (Å²) < 4.78 is 111. The van der Waals surface area contributed by atoms with Gasteiger partial charge in [-0.1, -0.05) is 45.9 Å². The Hall–Kier alpha value is -3.76. The molecule has 0 aromatic carbocycles. The molecule has 0 saturated heterocycles. The van der Waals surface area contributed by atoms with E-state index in [0.717, 1.165) is 12.2 Å². The van der Waals surface area contributed by atoms with Crippen molar-refractivity contribution in [1.29, 1.82) is 0 Å². The fourth-order valence-corrected chi connectivity index (χ4v) is 3.94. The lowest BCUT2D eigenvalue weighted by Crippen LogP contribution is -2.57. The number of urea groups is 1. The maximum atomic E-state index is 14.3. The van der Waals surface area contributed by atoms with Crippen LogP contribution in [0.2, 0.25) is 0 Å². The zero-order valence-electron chi connectivity index (χ0n) is 21.8. The van der Waals surface area contributed by atoms with E-state index in [1.807, 2.05) is 0 Å². The fourth-order valence-electron chi connectivity index (χ4n) is 3.94. The molecule has 43 heavy (non-hydrogen) atoms. The molecule has 0 saturated carbocycles. The monoisotopic (exact) mass is 633 g/mol. The molecule has 3 N–H and O–H groups in total. The average Bonchev–Trinajstić information content (AvgIpc) is 2.88. The van der Waals surface area contributed by atoms with Gasteiger partial charge in [-0.2, -0.15) is 26.3 Å². The van der Waals surface area contributed by atoms with Gasteiger partial charge < -0.3 is 20.7 Å². The minimum absolute atomic E-state index is 0. The van der Waals surface area contributed by atoms with Gasteiger partial charge in [0.15, 0.2) is 0 Å². The van der Waals surface area contributed by atoms with Gasteiger partial charge in [-0.3, -0.25) is 4.79 Å². The Bertz CT molecular complexity index is 1150. The third kappa shape index (κ3) is 13.4. The molecule has 0 spiro atoms. The molecule has 14 heteroatoms. The first-order valence-electron chi connectivity index (χ1n) is 12.5. The van der Waals surface area contributed by atoms with Crippen LogP contribution in [0.3, 0.4) is 0 Å². The second-order valence-electron chi connectivity index (χ2n) is 9.20. The number of nitrogens with one attached hydrogen (secondary N) is 3. The number of alkyl halides is 7. The maximum Gasteiger partial charge on any atom is 0.412 e. The Morgan fingerprint density at radius 1 is 1.16 bits per heavy atom. The molecule has 5 atom stereocenters. The highest BCUT2D eigenvalue weighted by Crippen LogP contribution is 2.32. The van der Waals surface area contributed by atoms with Gasteiger partial charge in [0, 0.05) is 21.8 Å². The predicted octanol–water partition coefficient (Wildman–Crippen LogP) is 7.63. The first-order valence-corrected chi connectivity index (χ1v) is 12.5. The highest BCUT2D eigenvalue weighted by atomic mass is 19.4. The van der Waals surface area contributed by atoms with Crippen LogP contribution in [0.1, 0.15) is 51.7 Å². The van der Waals surface area contributed by atoms with Gasteiger partial charge in [0.05, 0.1) is 12.5 Å². The van der Waals surface area contributed by atoms with Gasteiger partial charge in [0.25, 0.3) is 0 Å². The Kier molecular flexibility index (Phi) is 15.9. The molecule has 0 aromatic rings. The van der Waals surface area contributed by atoms with Crippen LogP contribution in [0.25, 0.3) is 0 Å². The van der Waals surface area contributed by atoms with Crippen molar-refractivity contribution >= 4 is 11.9 Å². The smallest absolute Gasteiger partial charge is 0.412 e. The summed E-state index contributed by atoms with van der Waals surface area (Å²) in [6.45, 7) is 1.39. The van der Waals surface area contributed by atoms with Crippen molar-refractivity contribution in [2.45, 2.75) is 84.1 Å². The van der Waals surface area contributed by atoms with Crippen molar-refractivity contribution in [3.8, 4) is 12.3 Å². The van der Waals surface area contributed by atoms with E-state index in [1.165, 1.54) is 19.1 Å². The summed E-state index contributed by atoms with van der Waals surface area (Å²) in [5.74, 6) is 0.219. The van der Waals surface area contributed by atoms with Crippen LogP contribution in [0.15, 0.2) is 59.7 Å². The van der Waals surface area contributed by atoms with E-state index in [4.69, 9.17) is 11.2 Å². The van der Waals surface area contributed by atoms with Crippen LogP contribution in [0.4, 0.5) is 39.9 Å². The molecule has 0 bridgehead atoms. The number of rotatable bonds is 11. The van der Waals surface area contributed by atoms with Crippen LogP contribution < -0.4 is 16.0 Å². The lowest BCUT2D eigenvalue weighted by Gasteiger charge is -2.29. The Morgan fingerprint density at radius 3 is 2.35 bits per heavy atom. The molecule has 248 valence electrons. The minimum atomic E-state index is -5.07. The van der Waals surface area contributed by atoms with Gasteiger partial charge in [-0.15, -0.1) is 6.42 Å². The zero-order chi connectivity index (χ0) is 30.8. The normalized spacial score (nSPS) is 21.5. The van der Waals surface area contributed by atoms with Gasteiger partial charge in [0.1, 0.15) is 30.4 Å². The standard InChI is InChI=1S/C27H29F8N3O3.2CH4.3H2/c1-3-13-41-20-8-5-16(6-9-20)23(24(39)37-22-10-7-18(28)15-21(22)29)38-25(40)36-19(4-2)14-17(27(33,34)35)11-12-26(30,31)32;;;;;/h1,5,7-11,15-16,19,21-23H,4,6,12-14H2,2H3,(H,37,39)(H2,36,38,40);2*1H4;3*1H/b17-11+;;;;;/t16?,19?,21?,22?,23-;;;;;/m1...../s1. The van der Waals surface area contributed by atoms with Crippen LogP contribution in [-0.2, 0) is 9.53 Å². The lowest BCUT2D eigenvalue weighted by molar-refractivity contribution is -0.127. The van der Waals surface area contributed by atoms with E-state index in [1.54, 1.807) is 6.08 Å². The first kappa shape index (κ1) is 39.2. The number of hydrogen-bond donors (Lipinski definition) is 3. The van der Waals surface area contributed by atoms with Crippen molar-refractivity contribution in [1.82, 2.24) is 16.0 Å². The number of ether oxygens (including phenoxy) is 1. The molecule has 6 nitrogen and oxygen atoms in total. The molecule has 2 aliphatic carbocycles. The predicted molar refractivity (Wildman–Crippen MR) is 154 cm³/mol. The van der Waals surface area contributed by atoms with Gasteiger partial charge in [-0.25, -0.2) is 13.6 Å². The van der Waals surface area contributed by atoms with Crippen molar-refractivity contribution in [2.75, 3.05) is 6.61 Å². The van der Waals surface area contributed by atoms with Crippen LogP contribution in [-0.4, -0.2) is 55.2 Å². The molecule has 0 heterocycles. The van der Waals surface area contributed by atoms with Crippen molar-refractivity contribution < 1.29 is 53.7 Å². The minimum Gasteiger partial charge on any atom is -0.481 e. The van der Waals surface area contributed by atoms with Crippen LogP contribution >= 0.6 is 0 Å². The lowest BCUT2D eigenvalue weighted by atomic mass is 9.91. The van der Waals surface area contributed by atoms with Gasteiger partial charge >= 0.3 is 18.4 Å². The maximum absolute atomic E-state index is 14.3. The summed E-state index contributed by atoms with van der Waals surface area (Å²) in [6, 6.07) is -4.96. The molecular weight excluding hydrogens is 590 g/mol. The second-order valence-corrected chi connectivity index (χ2v) is 9.20. The summed E-state index contributed by atoms with van der Waals surface area (Å²) in [5, 5.41) is 6.97. The number of terminal acetylenes is 1. The van der Waals surface area contributed by atoms with E-state index < -0.39 is 78.7 Å². The molecule has 2 rings (SSSR count). The molecule has 2 aliphatic rings. The summed E-state index contributed by atoms with van der Waals surface area (Å²) in [5.41, 5.74) is -1.46. The van der Waals surface area contributed by atoms with E-state index in [9.17, 15) is 44.7 Å². The Balaban J connectivity index is -0.00000176. The molecule has 4 unspecified atom stereocenters. The molecular formula is C29H43F8N3O3. The first-order chi connectivity index (χ1) is 19.1. The summed E-state index contributed by atoms with van der Waals surface area (Å²) in [4.78, 5) is 25.9. The highest BCUT2D eigenvalue weighted by Gasteiger charge is 2.37. The largest absolute Gasteiger partial charge is 0.481 e. The summed E-state index contributed by atoms with van der Waals surface area (Å²) in [6.07, 6.45) is -2.09. The number of carbonyl (C=O) groups is 2. The quantitative estimate of drug-likeness (QED) is 0.124. The van der Waals surface area contributed by atoms with E-state index >= 15 is 0 Å². The van der Waals surface area contributed by atoms with E-state index in [0.29, 0.717) is 11.8 Å². The number of carbonyl (C=O) groups excluding carboxylic acids is 2. The molecule has 0 aliphatic heterocycles. The number of allylic oxidation sites excluding steroid dienone is 5. The number of amides is 3. The fraction of sp³-hybridized carbons (Fsp3) is 0.517. The van der Waals surface area contributed by atoms with Gasteiger partial charge in [-0.05, 0) is 43.6 Å². The summed E-state index contributed by atoms with van der Waals surface area (Å²) >= 11 is 0. The SMILES string of the molecule is C.C.C#CCOC1=CCC([C@@H](NC(=O)NC(CC)C/C(=C\CC(F)(F)F)C(F)(F)F)C(=O)NC2C=CC(F)=CC2F)C=C1.[HH].[HH].[HH]. The molecule has 0 fully saturated rings. The van der Waals surface area contributed by atoms with E-state index in [-0.39, 0.29) is 44.7 Å². The molecule has 3 amide bonds. The van der Waals surface area contributed by atoms with Crippen LogP contribution in [0, 0.1) is 18.3 Å². The van der Waals surface area contributed by atoms with E-state index in [2.05, 4.69) is 21.9 Å². The number of halogens is 8. The highest BCUT2D eigenvalue weighted by molar-refractivity contribution is 5.88. The van der Waals surface area contributed by atoms with Crippen molar-refractivity contribution in [3.63, 3.8) is 0 Å². The van der Waals surface area contributed by atoms with Gasteiger partial charge in [0.2, 0.25) is 5.91 Å². The second kappa shape index (κ2) is 17.4. The third-order valence-electron chi connectivity index (χ3n) is 6.09. The molecule has 0 aromatic heterocycles. The average molecular weight is 634 g/mol. The van der Waals surface area contributed by atoms with Crippen molar-refractivity contribution in [2.24, 2.45) is 5.92 Å². The Morgan fingerprint density at radius 2 is 1.84 bits per heavy atom. The third-order valence-corrected chi connectivity index (χ3v) is 6.09. The van der Waals surface area contributed by atoms with Crippen LogP contribution in [0.5, 0.6) is 0 Å².